The minimum atomic E-state index is -0.740. The van der Waals surface area contributed by atoms with E-state index < -0.39 is 29.4 Å². The van der Waals surface area contributed by atoms with Gasteiger partial charge in [0.1, 0.15) is 23.3 Å². The number of nitrogens with zero attached hydrogens (tertiary/aromatic N) is 3. The van der Waals surface area contributed by atoms with Gasteiger partial charge in [-0.3, -0.25) is 4.90 Å². The maximum atomic E-state index is 13.3. The van der Waals surface area contributed by atoms with Crippen LogP contribution in [0.5, 0.6) is 0 Å². The van der Waals surface area contributed by atoms with Crippen LogP contribution < -0.4 is 0 Å². The highest BCUT2D eigenvalue weighted by Crippen LogP contribution is 2.24. The molecule has 0 aliphatic rings. The Kier molecular flexibility index (Phi) is 7.23. The first-order chi connectivity index (χ1) is 12.1. The molecule has 1 amide bonds. The number of rotatable bonds is 3. The Labute approximate surface area is 152 Å². The van der Waals surface area contributed by atoms with Crippen molar-refractivity contribution in [1.82, 2.24) is 15.0 Å². The number of ether oxygens (including phenoxy) is 1. The van der Waals surface area contributed by atoms with E-state index in [9.17, 15) is 13.6 Å². The molecule has 0 N–H and O–H groups in total. The summed E-state index contributed by atoms with van der Waals surface area (Å²) in [6, 6.07) is 2.38. The minimum absolute atomic E-state index is 0.0350. The third-order valence-corrected chi connectivity index (χ3v) is 3.18. The van der Waals surface area contributed by atoms with Crippen molar-refractivity contribution in [2.75, 3.05) is 7.05 Å². The second-order valence-corrected chi connectivity index (χ2v) is 6.38. The van der Waals surface area contributed by atoms with Gasteiger partial charge in [-0.2, -0.15) is 4.98 Å². The molecule has 0 radical (unpaired) electrons. The summed E-state index contributed by atoms with van der Waals surface area (Å²) in [5.74, 6) is -1.32. The average Bonchev–Trinajstić information content (AvgIpc) is 3.03. The number of carbonyl (C=O) groups is 1. The van der Waals surface area contributed by atoms with Crippen molar-refractivity contribution in [3.8, 4) is 11.4 Å². The van der Waals surface area contributed by atoms with E-state index in [2.05, 4.69) is 10.1 Å². The van der Waals surface area contributed by atoms with Gasteiger partial charge in [-0.25, -0.2) is 13.6 Å². The van der Waals surface area contributed by atoms with Crippen molar-refractivity contribution in [2.24, 2.45) is 0 Å². The van der Waals surface area contributed by atoms with Crippen LogP contribution in [0.1, 0.15) is 53.5 Å². The van der Waals surface area contributed by atoms with Gasteiger partial charge in [0.05, 0.1) is 0 Å². The van der Waals surface area contributed by atoms with Gasteiger partial charge in [0, 0.05) is 18.7 Å². The maximum absolute atomic E-state index is 13.3. The number of halogens is 2. The van der Waals surface area contributed by atoms with E-state index >= 15 is 0 Å². The Hall–Kier alpha value is -2.51. The van der Waals surface area contributed by atoms with Gasteiger partial charge in [-0.1, -0.05) is 19.0 Å². The van der Waals surface area contributed by atoms with E-state index in [4.69, 9.17) is 9.26 Å². The molecule has 6 nitrogen and oxygen atoms in total. The summed E-state index contributed by atoms with van der Waals surface area (Å²) in [6.45, 7) is 10.9. The molecule has 144 valence electrons. The standard InChI is InChI=1S/C16H19F2N3O3.C2H6/c1-9(21(5)15(22)23-16(2,3)4)14-19-13(20-24-14)10-6-11(17)8-12(18)7-10;1-2/h6-9H,1-5H3;1-2H3/t9-;/m0./s1. The van der Waals surface area contributed by atoms with Crippen molar-refractivity contribution in [1.29, 1.82) is 0 Å². The Morgan fingerprint density at radius 2 is 1.73 bits per heavy atom. The highest BCUT2D eigenvalue weighted by Gasteiger charge is 2.27. The normalized spacial score (nSPS) is 12.0. The smallest absolute Gasteiger partial charge is 0.410 e. The van der Waals surface area contributed by atoms with E-state index in [1.54, 1.807) is 27.7 Å². The van der Waals surface area contributed by atoms with Crippen molar-refractivity contribution in [3.63, 3.8) is 0 Å². The fourth-order valence-electron chi connectivity index (χ4n) is 1.86. The van der Waals surface area contributed by atoms with Crippen molar-refractivity contribution >= 4 is 6.09 Å². The number of aromatic nitrogens is 2. The van der Waals surface area contributed by atoms with Crippen LogP contribution in [-0.2, 0) is 4.74 Å². The molecular formula is C18H25F2N3O3. The predicted molar refractivity (Wildman–Crippen MR) is 93.4 cm³/mol. The van der Waals surface area contributed by atoms with Crippen LogP contribution in [-0.4, -0.2) is 33.8 Å². The molecule has 0 fully saturated rings. The Morgan fingerprint density at radius 1 is 1.19 bits per heavy atom. The lowest BCUT2D eigenvalue weighted by molar-refractivity contribution is 0.0208. The third-order valence-electron chi connectivity index (χ3n) is 3.18. The molecule has 8 heteroatoms. The van der Waals surface area contributed by atoms with Crippen LogP contribution in [0.3, 0.4) is 0 Å². The zero-order valence-corrected chi connectivity index (χ0v) is 16.1. The van der Waals surface area contributed by atoms with Crippen LogP contribution in [0.2, 0.25) is 0 Å². The lowest BCUT2D eigenvalue weighted by Crippen LogP contribution is -2.35. The van der Waals surface area contributed by atoms with Gasteiger partial charge >= 0.3 is 6.09 Å². The van der Waals surface area contributed by atoms with Crippen molar-refractivity contribution in [2.45, 2.75) is 53.2 Å². The van der Waals surface area contributed by atoms with Gasteiger partial charge in [-0.15, -0.1) is 0 Å². The molecule has 0 saturated carbocycles. The molecule has 1 atom stereocenters. The molecule has 0 aliphatic heterocycles. The summed E-state index contributed by atoms with van der Waals surface area (Å²) in [5, 5.41) is 3.71. The largest absolute Gasteiger partial charge is 0.444 e. The third kappa shape index (κ3) is 5.79. The Bertz CT molecular complexity index is 721. The van der Waals surface area contributed by atoms with Gasteiger partial charge in [0.25, 0.3) is 0 Å². The summed E-state index contributed by atoms with van der Waals surface area (Å²) >= 11 is 0. The quantitative estimate of drug-likeness (QED) is 0.764. The first-order valence-corrected chi connectivity index (χ1v) is 8.32. The molecular weight excluding hydrogens is 344 g/mol. The Morgan fingerprint density at radius 3 is 2.23 bits per heavy atom. The topological polar surface area (TPSA) is 68.5 Å². The number of benzene rings is 1. The fraction of sp³-hybridized carbons (Fsp3) is 0.500. The molecule has 0 spiro atoms. The van der Waals surface area contributed by atoms with Crippen molar-refractivity contribution in [3.05, 3.63) is 35.7 Å². The number of hydrogen-bond acceptors (Lipinski definition) is 5. The predicted octanol–water partition coefficient (Wildman–Crippen LogP) is 4.97. The van der Waals surface area contributed by atoms with Crippen LogP contribution in [0.4, 0.5) is 13.6 Å². The summed E-state index contributed by atoms with van der Waals surface area (Å²) in [4.78, 5) is 17.5. The van der Waals surface area contributed by atoms with E-state index in [0.717, 1.165) is 18.2 Å². The molecule has 2 aromatic rings. The highest BCUT2D eigenvalue weighted by molar-refractivity contribution is 5.68. The molecule has 0 aliphatic carbocycles. The zero-order chi connectivity index (χ0) is 20.1. The second-order valence-electron chi connectivity index (χ2n) is 6.38. The summed E-state index contributed by atoms with van der Waals surface area (Å²) in [5.41, 5.74) is -0.487. The molecule has 0 saturated heterocycles. The zero-order valence-electron chi connectivity index (χ0n) is 16.1. The average molecular weight is 369 g/mol. The lowest BCUT2D eigenvalue weighted by atomic mass is 10.2. The van der Waals surface area contributed by atoms with E-state index in [0.29, 0.717) is 0 Å². The summed E-state index contributed by atoms with van der Waals surface area (Å²) < 4.78 is 36.9. The number of carbonyl (C=O) groups excluding carboxylic acids is 1. The van der Waals surface area contributed by atoms with E-state index in [-0.39, 0.29) is 17.3 Å². The number of hydrogen-bond donors (Lipinski definition) is 0. The fourth-order valence-corrected chi connectivity index (χ4v) is 1.86. The van der Waals surface area contributed by atoms with Crippen LogP contribution in [0.15, 0.2) is 22.7 Å². The summed E-state index contributed by atoms with van der Waals surface area (Å²) in [7, 11) is 1.53. The second kappa shape index (κ2) is 8.73. The molecule has 0 bridgehead atoms. The minimum Gasteiger partial charge on any atom is -0.444 e. The van der Waals surface area contributed by atoms with Crippen LogP contribution in [0.25, 0.3) is 11.4 Å². The molecule has 1 heterocycles. The molecule has 1 aromatic carbocycles. The first-order valence-electron chi connectivity index (χ1n) is 8.32. The number of amides is 1. The highest BCUT2D eigenvalue weighted by atomic mass is 19.1. The van der Waals surface area contributed by atoms with Gasteiger partial charge < -0.3 is 9.26 Å². The van der Waals surface area contributed by atoms with Crippen LogP contribution in [0, 0.1) is 11.6 Å². The molecule has 0 unspecified atom stereocenters. The SMILES string of the molecule is CC.C[C@@H](c1nc(-c2cc(F)cc(F)c2)no1)N(C)C(=O)OC(C)(C)C. The molecule has 26 heavy (non-hydrogen) atoms. The van der Waals surface area contributed by atoms with Gasteiger partial charge in [0.15, 0.2) is 0 Å². The van der Waals surface area contributed by atoms with E-state index in [1.165, 1.54) is 11.9 Å². The maximum Gasteiger partial charge on any atom is 0.410 e. The van der Waals surface area contributed by atoms with Gasteiger partial charge in [0.2, 0.25) is 11.7 Å². The molecule has 1 aromatic heterocycles. The summed E-state index contributed by atoms with van der Waals surface area (Å²) in [6.07, 6.45) is -0.549. The Balaban J connectivity index is 0.00000163. The molecule has 2 rings (SSSR count). The monoisotopic (exact) mass is 369 g/mol. The first kappa shape index (κ1) is 21.5. The lowest BCUT2D eigenvalue weighted by Gasteiger charge is -2.26. The van der Waals surface area contributed by atoms with Crippen LogP contribution >= 0.6 is 0 Å². The van der Waals surface area contributed by atoms with Crippen molar-refractivity contribution < 1.29 is 22.8 Å². The van der Waals surface area contributed by atoms with Gasteiger partial charge in [-0.05, 0) is 39.8 Å². The van der Waals surface area contributed by atoms with E-state index in [1.807, 2.05) is 13.8 Å².